The molecule has 3 nitrogen and oxygen atoms in total. The highest BCUT2D eigenvalue weighted by molar-refractivity contribution is 5.89. The number of hydrogen-bond acceptors (Lipinski definition) is 2. The van der Waals surface area contributed by atoms with Gasteiger partial charge in [0.1, 0.15) is 0 Å². The Balaban J connectivity index is 1.79. The fourth-order valence-electron chi connectivity index (χ4n) is 4.05. The van der Waals surface area contributed by atoms with Crippen LogP contribution in [0.4, 0.5) is 0 Å². The van der Waals surface area contributed by atoms with Crippen LogP contribution in [0.15, 0.2) is 0 Å². The quantitative estimate of drug-likeness (QED) is 0.832. The highest BCUT2D eigenvalue weighted by Crippen LogP contribution is 2.45. The zero-order chi connectivity index (χ0) is 12.8. The number of rotatable bonds is 4. The monoisotopic (exact) mass is 250 g/mol. The van der Waals surface area contributed by atoms with Crippen LogP contribution in [-0.2, 0) is 4.79 Å². The van der Waals surface area contributed by atoms with E-state index < -0.39 is 0 Å². The molecular formula is C15H26N2O. The molecule has 1 N–H and O–H groups in total. The maximum atomic E-state index is 12.8. The highest BCUT2D eigenvalue weighted by atomic mass is 16.2. The molecule has 0 aromatic rings. The molecule has 1 amide bonds. The van der Waals surface area contributed by atoms with Crippen LogP contribution >= 0.6 is 0 Å². The molecule has 18 heavy (non-hydrogen) atoms. The van der Waals surface area contributed by atoms with Crippen molar-refractivity contribution in [1.29, 1.82) is 0 Å². The van der Waals surface area contributed by atoms with Crippen molar-refractivity contribution in [3.63, 3.8) is 0 Å². The zero-order valence-corrected chi connectivity index (χ0v) is 11.7. The van der Waals surface area contributed by atoms with Gasteiger partial charge < -0.3 is 4.90 Å². The molecule has 1 heterocycles. The Kier molecular flexibility index (Phi) is 3.13. The Morgan fingerprint density at radius 1 is 1.33 bits per heavy atom. The summed E-state index contributed by atoms with van der Waals surface area (Å²) in [6, 6.07) is 0.548. The summed E-state index contributed by atoms with van der Waals surface area (Å²) < 4.78 is 0. The Labute approximate surface area is 110 Å². The van der Waals surface area contributed by atoms with Gasteiger partial charge in [0.15, 0.2) is 0 Å². The van der Waals surface area contributed by atoms with Gasteiger partial charge in [0.05, 0.1) is 11.7 Å². The highest BCUT2D eigenvalue weighted by Gasteiger charge is 2.57. The van der Waals surface area contributed by atoms with Gasteiger partial charge in [-0.1, -0.05) is 39.5 Å². The summed E-state index contributed by atoms with van der Waals surface area (Å²) in [5, 5.41) is 3.71. The minimum absolute atomic E-state index is 0.166. The number of nitrogens with one attached hydrogen (secondary N) is 1. The molecule has 0 aromatic heterocycles. The summed E-state index contributed by atoms with van der Waals surface area (Å²) >= 11 is 0. The van der Waals surface area contributed by atoms with Gasteiger partial charge in [0.2, 0.25) is 5.91 Å². The van der Waals surface area contributed by atoms with Gasteiger partial charge in [0.25, 0.3) is 0 Å². The molecule has 102 valence electrons. The normalized spacial score (nSPS) is 37.8. The first kappa shape index (κ1) is 12.5. The average Bonchev–Trinajstić information content (AvgIpc) is 2.89. The van der Waals surface area contributed by atoms with E-state index in [1.807, 2.05) is 0 Å². The van der Waals surface area contributed by atoms with E-state index in [1.54, 1.807) is 0 Å². The molecule has 1 saturated heterocycles. The van der Waals surface area contributed by atoms with Gasteiger partial charge in [-0.25, -0.2) is 0 Å². The van der Waals surface area contributed by atoms with Crippen LogP contribution in [-0.4, -0.2) is 28.6 Å². The van der Waals surface area contributed by atoms with E-state index in [4.69, 9.17) is 0 Å². The smallest absolute Gasteiger partial charge is 0.244 e. The van der Waals surface area contributed by atoms with Gasteiger partial charge in [0, 0.05) is 6.04 Å². The number of hydrogen-bond donors (Lipinski definition) is 1. The first-order valence-electron chi connectivity index (χ1n) is 7.82. The number of nitrogens with zero attached hydrogens (tertiary/aromatic N) is 1. The van der Waals surface area contributed by atoms with Crippen molar-refractivity contribution in [3.8, 4) is 0 Å². The third-order valence-electron chi connectivity index (χ3n) is 5.21. The largest absolute Gasteiger partial charge is 0.322 e. The lowest BCUT2D eigenvalue weighted by Crippen LogP contribution is -2.44. The van der Waals surface area contributed by atoms with Crippen LogP contribution in [0.5, 0.6) is 0 Å². The van der Waals surface area contributed by atoms with Gasteiger partial charge >= 0.3 is 0 Å². The molecule has 3 atom stereocenters. The predicted octanol–water partition coefficient (Wildman–Crippen LogP) is 2.66. The molecular weight excluding hydrogens is 224 g/mol. The first-order chi connectivity index (χ1) is 8.72. The summed E-state index contributed by atoms with van der Waals surface area (Å²) in [4.78, 5) is 15.1. The van der Waals surface area contributed by atoms with Gasteiger partial charge in [-0.15, -0.1) is 0 Å². The molecule has 2 aliphatic carbocycles. The predicted molar refractivity (Wildman–Crippen MR) is 72.1 cm³/mol. The van der Waals surface area contributed by atoms with Crippen LogP contribution in [0, 0.1) is 5.92 Å². The van der Waals surface area contributed by atoms with E-state index in [0.717, 1.165) is 31.6 Å². The molecule has 1 aliphatic heterocycles. The molecule has 3 unspecified atom stereocenters. The summed E-state index contributed by atoms with van der Waals surface area (Å²) in [7, 11) is 0. The van der Waals surface area contributed by atoms with E-state index in [0.29, 0.717) is 18.1 Å². The minimum atomic E-state index is -0.166. The average molecular weight is 250 g/mol. The van der Waals surface area contributed by atoms with Crippen molar-refractivity contribution in [1.82, 2.24) is 10.2 Å². The topological polar surface area (TPSA) is 32.3 Å². The fourth-order valence-corrected chi connectivity index (χ4v) is 4.05. The standard InChI is InChI=1S/C15H26N2O/c1-3-7-13-16-15(8-5-6-9-15)14(18)17(13)12-10-11(12)4-2/h11-13,16H,3-10H2,1-2H3. The lowest BCUT2D eigenvalue weighted by Gasteiger charge is -2.24. The molecule has 0 aromatic carbocycles. The van der Waals surface area contributed by atoms with E-state index >= 15 is 0 Å². The van der Waals surface area contributed by atoms with Crippen LogP contribution in [0.25, 0.3) is 0 Å². The Hall–Kier alpha value is -0.570. The van der Waals surface area contributed by atoms with E-state index in [2.05, 4.69) is 24.1 Å². The summed E-state index contributed by atoms with van der Waals surface area (Å²) in [6.07, 6.45) is 9.60. The van der Waals surface area contributed by atoms with Crippen molar-refractivity contribution in [2.45, 2.75) is 83.0 Å². The van der Waals surface area contributed by atoms with Crippen molar-refractivity contribution in [2.75, 3.05) is 0 Å². The fraction of sp³-hybridized carbons (Fsp3) is 0.933. The van der Waals surface area contributed by atoms with Gasteiger partial charge in [-0.2, -0.15) is 0 Å². The van der Waals surface area contributed by atoms with Crippen molar-refractivity contribution in [2.24, 2.45) is 5.92 Å². The second-order valence-corrected chi connectivity index (χ2v) is 6.42. The number of carbonyl (C=O) groups excluding carboxylic acids is 1. The van der Waals surface area contributed by atoms with E-state index in [9.17, 15) is 4.79 Å². The van der Waals surface area contributed by atoms with Crippen LogP contribution in [0.3, 0.4) is 0 Å². The zero-order valence-electron chi connectivity index (χ0n) is 11.7. The lowest BCUT2D eigenvalue weighted by atomic mass is 9.98. The maximum Gasteiger partial charge on any atom is 0.244 e. The third kappa shape index (κ3) is 1.78. The Morgan fingerprint density at radius 3 is 2.61 bits per heavy atom. The van der Waals surface area contributed by atoms with Crippen molar-refractivity contribution >= 4 is 5.91 Å². The van der Waals surface area contributed by atoms with E-state index in [-0.39, 0.29) is 5.54 Å². The Morgan fingerprint density at radius 2 is 2.06 bits per heavy atom. The summed E-state index contributed by atoms with van der Waals surface area (Å²) in [6.45, 7) is 4.47. The second kappa shape index (κ2) is 4.52. The van der Waals surface area contributed by atoms with Gasteiger partial charge in [-0.3, -0.25) is 10.1 Å². The molecule has 2 saturated carbocycles. The van der Waals surface area contributed by atoms with Crippen molar-refractivity contribution in [3.05, 3.63) is 0 Å². The van der Waals surface area contributed by atoms with Crippen LogP contribution < -0.4 is 5.32 Å². The van der Waals surface area contributed by atoms with Gasteiger partial charge in [-0.05, 0) is 31.6 Å². The molecule has 3 rings (SSSR count). The van der Waals surface area contributed by atoms with Crippen LogP contribution in [0.2, 0.25) is 0 Å². The molecule has 3 fully saturated rings. The molecule has 3 heteroatoms. The minimum Gasteiger partial charge on any atom is -0.322 e. The second-order valence-electron chi connectivity index (χ2n) is 6.42. The summed E-state index contributed by atoms with van der Waals surface area (Å²) in [5.41, 5.74) is -0.166. The summed E-state index contributed by atoms with van der Waals surface area (Å²) in [5.74, 6) is 1.20. The lowest BCUT2D eigenvalue weighted by molar-refractivity contribution is -0.134. The SMILES string of the molecule is CCCC1NC2(CCCC2)C(=O)N1C1CC1CC. The van der Waals surface area contributed by atoms with Crippen molar-refractivity contribution < 1.29 is 4.79 Å². The maximum absolute atomic E-state index is 12.8. The number of amides is 1. The van der Waals surface area contributed by atoms with Crippen LogP contribution in [0.1, 0.15) is 65.2 Å². The molecule has 1 spiro atoms. The molecule has 3 aliphatic rings. The molecule has 0 bridgehead atoms. The number of carbonyl (C=O) groups is 1. The Bertz CT molecular complexity index is 335. The first-order valence-corrected chi connectivity index (χ1v) is 7.82. The third-order valence-corrected chi connectivity index (χ3v) is 5.21. The van der Waals surface area contributed by atoms with E-state index in [1.165, 1.54) is 25.7 Å². The molecule has 0 radical (unpaired) electrons.